The predicted octanol–water partition coefficient (Wildman–Crippen LogP) is 0.944. The molecule has 11 heavy (non-hydrogen) atoms. The summed E-state index contributed by atoms with van der Waals surface area (Å²) in [7, 11) is 1.63. The molecule has 3 nitrogen and oxygen atoms in total. The van der Waals surface area contributed by atoms with E-state index in [4.69, 9.17) is 11.6 Å². The first kappa shape index (κ1) is 10.2. The van der Waals surface area contributed by atoms with Crippen molar-refractivity contribution in [2.24, 2.45) is 4.99 Å². The summed E-state index contributed by atoms with van der Waals surface area (Å²) in [6.07, 6.45) is 1.50. The van der Waals surface area contributed by atoms with Crippen molar-refractivity contribution in [3.8, 4) is 0 Å². The molecule has 1 unspecified atom stereocenters. The first-order valence-corrected chi connectivity index (χ1v) is 3.52. The lowest BCUT2D eigenvalue weighted by atomic mass is 10.2. The molecule has 0 fully saturated rings. The van der Waals surface area contributed by atoms with Crippen LogP contribution < -0.4 is 5.32 Å². The molecule has 1 N–H and O–H groups in total. The fourth-order valence-electron chi connectivity index (χ4n) is 0.457. The number of carbonyl (C=O) groups excluding carboxylic acids is 1. The maximum absolute atomic E-state index is 10.5. The summed E-state index contributed by atoms with van der Waals surface area (Å²) in [5.74, 6) is 0. The Balaban J connectivity index is 3.93. The van der Waals surface area contributed by atoms with Gasteiger partial charge in [0.1, 0.15) is 0 Å². The van der Waals surface area contributed by atoms with Crippen LogP contribution in [0.3, 0.4) is 0 Å². The van der Waals surface area contributed by atoms with E-state index in [1.807, 2.05) is 0 Å². The van der Waals surface area contributed by atoms with Crippen LogP contribution in [0.5, 0.6) is 0 Å². The van der Waals surface area contributed by atoms with Gasteiger partial charge in [0.2, 0.25) is 5.24 Å². The molecule has 0 aromatic heterocycles. The molecule has 0 heterocycles. The molecule has 4 heteroatoms. The van der Waals surface area contributed by atoms with Crippen LogP contribution in [0.15, 0.2) is 17.1 Å². The van der Waals surface area contributed by atoms with E-state index in [9.17, 15) is 4.79 Å². The summed E-state index contributed by atoms with van der Waals surface area (Å²) in [5, 5.41) is 2.30. The van der Waals surface area contributed by atoms with E-state index in [-0.39, 0.29) is 6.04 Å². The minimum atomic E-state index is -0.519. The van der Waals surface area contributed by atoms with Crippen molar-refractivity contribution in [3.05, 3.63) is 12.2 Å². The normalized spacial score (nSPS) is 13.0. The maximum atomic E-state index is 10.5. The summed E-state index contributed by atoms with van der Waals surface area (Å²) in [5.41, 5.74) is 0.339. The summed E-state index contributed by atoms with van der Waals surface area (Å²) in [6, 6.07) is -0.163. The number of rotatable bonds is 4. The Kier molecular flexibility index (Phi) is 4.54. The second kappa shape index (κ2) is 4.91. The number of halogens is 1. The molecular weight excluding hydrogens is 164 g/mol. The van der Waals surface area contributed by atoms with E-state index < -0.39 is 5.24 Å². The van der Waals surface area contributed by atoms with Crippen LogP contribution in [0.25, 0.3) is 0 Å². The van der Waals surface area contributed by atoms with Crippen LogP contribution in [0.2, 0.25) is 0 Å². The Morgan fingerprint density at radius 3 is 2.73 bits per heavy atom. The Morgan fingerprint density at radius 1 is 1.82 bits per heavy atom. The van der Waals surface area contributed by atoms with Crippen molar-refractivity contribution < 1.29 is 4.79 Å². The lowest BCUT2D eigenvalue weighted by Crippen LogP contribution is -2.28. The summed E-state index contributed by atoms with van der Waals surface area (Å²) in [6.45, 7) is 5.28. The van der Waals surface area contributed by atoms with Crippen molar-refractivity contribution in [1.29, 1.82) is 0 Å². The second-order valence-electron chi connectivity index (χ2n) is 2.07. The van der Waals surface area contributed by atoms with Gasteiger partial charge in [-0.25, -0.2) is 0 Å². The van der Waals surface area contributed by atoms with Gasteiger partial charge in [0.05, 0.1) is 12.4 Å². The molecule has 0 radical (unpaired) electrons. The summed E-state index contributed by atoms with van der Waals surface area (Å²) < 4.78 is 0. The van der Waals surface area contributed by atoms with Gasteiger partial charge in [0.25, 0.3) is 0 Å². The molecule has 0 saturated heterocycles. The third-order valence-corrected chi connectivity index (χ3v) is 1.47. The number of hydrogen-bond donors (Lipinski definition) is 1. The van der Waals surface area contributed by atoms with Gasteiger partial charge in [0.15, 0.2) is 0 Å². The van der Waals surface area contributed by atoms with E-state index in [0.717, 1.165) is 0 Å². The topological polar surface area (TPSA) is 41.5 Å². The van der Waals surface area contributed by atoms with Crippen molar-refractivity contribution in [2.75, 3.05) is 7.05 Å². The number of aliphatic imine (C=N–C) groups is 1. The lowest BCUT2D eigenvalue weighted by Gasteiger charge is -2.09. The zero-order valence-corrected chi connectivity index (χ0v) is 7.35. The number of nitrogens with zero attached hydrogens (tertiary/aromatic N) is 1. The molecule has 0 aliphatic heterocycles. The van der Waals surface area contributed by atoms with E-state index >= 15 is 0 Å². The highest BCUT2D eigenvalue weighted by molar-refractivity contribution is 6.67. The van der Waals surface area contributed by atoms with E-state index in [2.05, 4.69) is 16.9 Å². The van der Waals surface area contributed by atoms with Crippen molar-refractivity contribution in [3.63, 3.8) is 0 Å². The van der Waals surface area contributed by atoms with Crippen LogP contribution in [-0.2, 0) is 4.79 Å². The predicted molar refractivity (Wildman–Crippen MR) is 47.0 cm³/mol. The van der Waals surface area contributed by atoms with Crippen LogP contribution >= 0.6 is 11.6 Å². The Morgan fingerprint density at radius 2 is 2.36 bits per heavy atom. The van der Waals surface area contributed by atoms with Gasteiger partial charge in [-0.3, -0.25) is 9.79 Å². The molecule has 0 amide bonds. The van der Waals surface area contributed by atoms with Crippen molar-refractivity contribution in [2.45, 2.75) is 13.0 Å². The zero-order chi connectivity index (χ0) is 8.85. The fourth-order valence-corrected chi connectivity index (χ4v) is 0.621. The van der Waals surface area contributed by atoms with Gasteiger partial charge in [-0.05, 0) is 18.5 Å². The number of nitrogens with one attached hydrogen (secondary N) is 1. The molecule has 0 spiro atoms. The Hall–Kier alpha value is -0.830. The molecule has 1 atom stereocenters. The van der Waals surface area contributed by atoms with Gasteiger partial charge in [-0.2, -0.15) is 0 Å². The zero-order valence-electron chi connectivity index (χ0n) is 6.60. The van der Waals surface area contributed by atoms with Gasteiger partial charge in [0, 0.05) is 12.6 Å². The van der Waals surface area contributed by atoms with Crippen molar-refractivity contribution in [1.82, 2.24) is 5.32 Å². The molecule has 0 bridgehead atoms. The highest BCUT2D eigenvalue weighted by Crippen LogP contribution is 2.01. The quantitative estimate of drug-likeness (QED) is 0.298. The highest BCUT2D eigenvalue weighted by Gasteiger charge is 2.09. The largest absolute Gasteiger partial charge is 0.370 e. The third-order valence-electron chi connectivity index (χ3n) is 1.23. The fraction of sp³-hybridized carbons (Fsp3) is 0.429. The molecular formula is C7H11ClN2O. The minimum Gasteiger partial charge on any atom is -0.370 e. The van der Waals surface area contributed by atoms with Crippen LogP contribution in [0, 0.1) is 0 Å². The monoisotopic (exact) mass is 174 g/mol. The number of carbonyl (C=O) groups is 1. The SMILES string of the molecule is C=C(C(=O)Cl)C(C)NC=NC. The van der Waals surface area contributed by atoms with Crippen molar-refractivity contribution >= 4 is 23.2 Å². The van der Waals surface area contributed by atoms with E-state index in [1.54, 1.807) is 14.0 Å². The van der Waals surface area contributed by atoms with Gasteiger partial charge < -0.3 is 5.32 Å². The van der Waals surface area contributed by atoms with Gasteiger partial charge >= 0.3 is 0 Å². The molecule has 0 aromatic rings. The maximum Gasteiger partial charge on any atom is 0.249 e. The molecule has 0 aliphatic rings. The van der Waals surface area contributed by atoms with Crippen LogP contribution in [0.1, 0.15) is 6.92 Å². The Bertz CT molecular complexity index is 189. The van der Waals surface area contributed by atoms with E-state index in [0.29, 0.717) is 5.57 Å². The number of hydrogen-bond acceptors (Lipinski definition) is 2. The van der Waals surface area contributed by atoms with E-state index in [1.165, 1.54) is 6.34 Å². The molecule has 0 rings (SSSR count). The Labute approximate surface area is 71.1 Å². The average Bonchev–Trinajstić information content (AvgIpc) is 1.98. The highest BCUT2D eigenvalue weighted by atomic mass is 35.5. The molecule has 0 aliphatic carbocycles. The van der Waals surface area contributed by atoms with Crippen LogP contribution in [0.4, 0.5) is 0 Å². The second-order valence-corrected chi connectivity index (χ2v) is 2.42. The third kappa shape index (κ3) is 3.78. The summed E-state index contributed by atoms with van der Waals surface area (Å²) >= 11 is 5.18. The van der Waals surface area contributed by atoms with Crippen LogP contribution in [-0.4, -0.2) is 24.7 Å². The first-order chi connectivity index (χ1) is 5.09. The smallest absolute Gasteiger partial charge is 0.249 e. The standard InChI is InChI=1S/C7H11ClN2O/c1-5(7(8)11)6(2)10-4-9-3/h4,6H,1H2,2-3H3,(H,9,10). The summed E-state index contributed by atoms with van der Waals surface area (Å²) in [4.78, 5) is 14.2. The minimum absolute atomic E-state index is 0.163. The molecule has 0 aromatic carbocycles. The average molecular weight is 175 g/mol. The molecule has 62 valence electrons. The molecule has 0 saturated carbocycles. The van der Waals surface area contributed by atoms with Gasteiger partial charge in [-0.15, -0.1) is 0 Å². The first-order valence-electron chi connectivity index (χ1n) is 3.15. The van der Waals surface area contributed by atoms with Gasteiger partial charge in [-0.1, -0.05) is 6.58 Å². The lowest BCUT2D eigenvalue weighted by molar-refractivity contribution is -0.108.